The molecule has 0 saturated heterocycles. The first-order chi connectivity index (χ1) is 7.26. The molecule has 1 rings (SSSR count). The summed E-state index contributed by atoms with van der Waals surface area (Å²) in [7, 11) is 0. The normalized spacial score (nSPS) is 20.6. The van der Waals surface area contributed by atoms with Crippen molar-refractivity contribution in [2.45, 2.75) is 65.4 Å². The fraction of sp³-hybridized carbons (Fsp3) is 0.714. The molecular formula is C14H24O. The minimum Gasteiger partial charge on any atom is -0.491 e. The van der Waals surface area contributed by atoms with Crippen molar-refractivity contribution < 1.29 is 4.74 Å². The summed E-state index contributed by atoms with van der Waals surface area (Å²) in [6.07, 6.45) is 12.0. The van der Waals surface area contributed by atoms with E-state index >= 15 is 0 Å². The molecule has 0 bridgehead atoms. The molecule has 1 atom stereocenters. The number of hydrogen-bond acceptors (Lipinski definition) is 1. The van der Waals surface area contributed by atoms with Gasteiger partial charge in [-0.2, -0.15) is 0 Å². The van der Waals surface area contributed by atoms with Gasteiger partial charge in [-0.25, -0.2) is 0 Å². The van der Waals surface area contributed by atoms with Gasteiger partial charge in [-0.05, 0) is 43.9 Å². The summed E-state index contributed by atoms with van der Waals surface area (Å²) in [6, 6.07) is 0. The molecule has 0 aromatic carbocycles. The van der Waals surface area contributed by atoms with Gasteiger partial charge in [0.05, 0.1) is 5.76 Å². The molecule has 0 N–H and O–H groups in total. The molecule has 15 heavy (non-hydrogen) atoms. The lowest BCUT2D eigenvalue weighted by atomic mass is 10.0. The van der Waals surface area contributed by atoms with E-state index in [1.807, 2.05) is 0 Å². The Morgan fingerprint density at radius 2 is 1.93 bits per heavy atom. The van der Waals surface area contributed by atoms with Crippen LogP contribution in [0.15, 0.2) is 23.5 Å². The van der Waals surface area contributed by atoms with Crippen molar-refractivity contribution in [3.63, 3.8) is 0 Å². The molecule has 0 radical (unpaired) electrons. The van der Waals surface area contributed by atoms with Gasteiger partial charge in [0.1, 0.15) is 6.10 Å². The molecule has 1 heteroatoms. The Bertz CT molecular complexity index is 238. The molecule has 0 aromatic rings. The standard InChI is InChI=1S/C14H24O/c1-4-6-8-13-10-12(3)11-14(15-13)9-7-5-2/h10-11,13H,4-9H2,1-3H3. The third-order valence-electron chi connectivity index (χ3n) is 2.76. The molecule has 1 unspecified atom stereocenters. The lowest BCUT2D eigenvalue weighted by molar-refractivity contribution is 0.131. The second-order valence-corrected chi connectivity index (χ2v) is 4.42. The number of ether oxygens (including phenoxy) is 1. The maximum Gasteiger partial charge on any atom is 0.117 e. The highest BCUT2D eigenvalue weighted by Crippen LogP contribution is 2.23. The van der Waals surface area contributed by atoms with Crippen LogP contribution in [0.5, 0.6) is 0 Å². The van der Waals surface area contributed by atoms with Crippen molar-refractivity contribution >= 4 is 0 Å². The molecule has 0 saturated carbocycles. The second kappa shape index (κ2) is 6.71. The Morgan fingerprint density at radius 3 is 2.60 bits per heavy atom. The maximum absolute atomic E-state index is 5.95. The third-order valence-corrected chi connectivity index (χ3v) is 2.76. The largest absolute Gasteiger partial charge is 0.491 e. The van der Waals surface area contributed by atoms with Crippen molar-refractivity contribution in [3.05, 3.63) is 23.5 Å². The molecule has 0 spiro atoms. The highest BCUT2D eigenvalue weighted by molar-refractivity contribution is 5.24. The van der Waals surface area contributed by atoms with Crippen LogP contribution < -0.4 is 0 Å². The Kier molecular flexibility index (Phi) is 5.52. The minimum absolute atomic E-state index is 0.335. The van der Waals surface area contributed by atoms with Crippen molar-refractivity contribution in [1.29, 1.82) is 0 Å². The topological polar surface area (TPSA) is 9.23 Å². The summed E-state index contributed by atoms with van der Waals surface area (Å²) in [5, 5.41) is 0. The Hall–Kier alpha value is -0.720. The van der Waals surface area contributed by atoms with Crippen LogP contribution in [-0.4, -0.2) is 6.10 Å². The van der Waals surface area contributed by atoms with E-state index in [0.29, 0.717) is 6.10 Å². The van der Waals surface area contributed by atoms with Crippen molar-refractivity contribution in [1.82, 2.24) is 0 Å². The first kappa shape index (κ1) is 12.4. The van der Waals surface area contributed by atoms with Gasteiger partial charge >= 0.3 is 0 Å². The summed E-state index contributed by atoms with van der Waals surface area (Å²) in [6.45, 7) is 6.63. The zero-order valence-corrected chi connectivity index (χ0v) is 10.4. The Morgan fingerprint density at radius 1 is 1.20 bits per heavy atom. The van der Waals surface area contributed by atoms with Gasteiger partial charge in [0, 0.05) is 6.42 Å². The van der Waals surface area contributed by atoms with Crippen LogP contribution >= 0.6 is 0 Å². The van der Waals surface area contributed by atoms with Crippen molar-refractivity contribution in [2.24, 2.45) is 0 Å². The lowest BCUT2D eigenvalue weighted by Gasteiger charge is -2.22. The van der Waals surface area contributed by atoms with Crippen LogP contribution in [0.4, 0.5) is 0 Å². The molecule has 1 aliphatic rings. The molecule has 1 aliphatic heterocycles. The highest BCUT2D eigenvalue weighted by atomic mass is 16.5. The molecular weight excluding hydrogens is 184 g/mol. The molecule has 1 heterocycles. The summed E-state index contributed by atoms with van der Waals surface area (Å²) in [5.74, 6) is 1.19. The van der Waals surface area contributed by atoms with E-state index in [1.165, 1.54) is 37.0 Å². The van der Waals surface area contributed by atoms with Crippen molar-refractivity contribution in [2.75, 3.05) is 0 Å². The van der Waals surface area contributed by atoms with Crippen molar-refractivity contribution in [3.8, 4) is 0 Å². The molecule has 86 valence electrons. The number of hydrogen-bond donors (Lipinski definition) is 0. The van der Waals surface area contributed by atoms with Gasteiger partial charge < -0.3 is 4.74 Å². The van der Waals surface area contributed by atoms with Gasteiger partial charge in [0.2, 0.25) is 0 Å². The highest BCUT2D eigenvalue weighted by Gasteiger charge is 2.13. The van der Waals surface area contributed by atoms with Crippen LogP contribution in [0, 0.1) is 0 Å². The van der Waals surface area contributed by atoms with E-state index < -0.39 is 0 Å². The zero-order chi connectivity index (χ0) is 11.1. The maximum atomic E-state index is 5.95. The minimum atomic E-state index is 0.335. The molecule has 1 nitrogen and oxygen atoms in total. The monoisotopic (exact) mass is 208 g/mol. The van der Waals surface area contributed by atoms with Crippen LogP contribution in [0.25, 0.3) is 0 Å². The van der Waals surface area contributed by atoms with Crippen LogP contribution in [0.1, 0.15) is 59.3 Å². The predicted molar refractivity (Wildman–Crippen MR) is 65.8 cm³/mol. The van der Waals surface area contributed by atoms with Gasteiger partial charge in [0.25, 0.3) is 0 Å². The van der Waals surface area contributed by atoms with E-state index in [1.54, 1.807) is 0 Å². The van der Waals surface area contributed by atoms with E-state index in [-0.39, 0.29) is 0 Å². The van der Waals surface area contributed by atoms with E-state index in [2.05, 4.69) is 32.9 Å². The second-order valence-electron chi connectivity index (χ2n) is 4.42. The third kappa shape index (κ3) is 4.55. The zero-order valence-electron chi connectivity index (χ0n) is 10.4. The van der Waals surface area contributed by atoms with Crippen LogP contribution in [0.2, 0.25) is 0 Å². The predicted octanol–water partition coefficient (Wildman–Crippen LogP) is 4.60. The van der Waals surface area contributed by atoms with Gasteiger partial charge in [-0.1, -0.05) is 26.7 Å². The number of rotatable bonds is 6. The molecule has 0 aliphatic carbocycles. The smallest absolute Gasteiger partial charge is 0.117 e. The van der Waals surface area contributed by atoms with E-state index in [0.717, 1.165) is 12.8 Å². The van der Waals surface area contributed by atoms with E-state index in [9.17, 15) is 0 Å². The van der Waals surface area contributed by atoms with E-state index in [4.69, 9.17) is 4.74 Å². The fourth-order valence-corrected chi connectivity index (χ4v) is 1.89. The van der Waals surface area contributed by atoms with Crippen LogP contribution in [0.3, 0.4) is 0 Å². The first-order valence-electron chi connectivity index (χ1n) is 6.32. The summed E-state index contributed by atoms with van der Waals surface area (Å²) in [4.78, 5) is 0. The number of allylic oxidation sites excluding steroid dienone is 3. The summed E-state index contributed by atoms with van der Waals surface area (Å²) >= 11 is 0. The summed E-state index contributed by atoms with van der Waals surface area (Å²) < 4.78 is 5.95. The van der Waals surface area contributed by atoms with Crippen LogP contribution in [-0.2, 0) is 4.74 Å². The van der Waals surface area contributed by atoms with Gasteiger partial charge in [-0.3, -0.25) is 0 Å². The van der Waals surface area contributed by atoms with Gasteiger partial charge in [-0.15, -0.1) is 0 Å². The number of unbranched alkanes of at least 4 members (excludes halogenated alkanes) is 2. The molecule has 0 aromatic heterocycles. The lowest BCUT2D eigenvalue weighted by Crippen LogP contribution is -2.13. The molecule has 0 fully saturated rings. The fourth-order valence-electron chi connectivity index (χ4n) is 1.89. The Labute approximate surface area is 94.2 Å². The summed E-state index contributed by atoms with van der Waals surface area (Å²) in [5.41, 5.74) is 1.37. The Balaban J connectivity index is 2.43. The quantitative estimate of drug-likeness (QED) is 0.620. The van der Waals surface area contributed by atoms with Gasteiger partial charge in [0.15, 0.2) is 0 Å². The average molecular weight is 208 g/mol. The SMILES string of the molecule is CCCCC1=CC(C)=CC(CCCC)O1. The average Bonchev–Trinajstić information content (AvgIpc) is 2.23. The first-order valence-corrected chi connectivity index (χ1v) is 6.32. The molecule has 0 amide bonds.